The van der Waals surface area contributed by atoms with Crippen molar-refractivity contribution in [2.24, 2.45) is 5.73 Å². The van der Waals surface area contributed by atoms with E-state index in [4.69, 9.17) is 15.2 Å². The molecule has 1 aromatic rings. The molecule has 1 rings (SSSR count). The average molecular weight is 210 g/mol. The van der Waals surface area contributed by atoms with E-state index in [0.717, 1.165) is 23.5 Å². The highest BCUT2D eigenvalue weighted by Gasteiger charge is 2.09. The minimum atomic E-state index is 0.0649. The molecule has 0 aliphatic heterocycles. The standard InChI is InChI=1S/C12H19NO2/c1-4-10(13)9-6-7-11(14-3)12(8-9)15-5-2/h6-8,10H,4-5,13H2,1-3H3/i4+1. The molecule has 2 N–H and O–H groups in total. The normalized spacial score (nSPS) is 12.3. The van der Waals surface area contributed by atoms with Crippen LogP contribution in [0.5, 0.6) is 11.5 Å². The van der Waals surface area contributed by atoms with Crippen molar-refractivity contribution >= 4 is 0 Å². The molecule has 0 fully saturated rings. The maximum Gasteiger partial charge on any atom is 0.161 e. The summed E-state index contributed by atoms with van der Waals surface area (Å²) in [5, 5.41) is 0. The first kappa shape index (κ1) is 11.9. The molecular weight excluding hydrogens is 191 g/mol. The maximum absolute atomic E-state index is 5.95. The molecule has 0 radical (unpaired) electrons. The van der Waals surface area contributed by atoms with Gasteiger partial charge in [-0.05, 0) is 31.0 Å². The second kappa shape index (κ2) is 5.61. The van der Waals surface area contributed by atoms with Gasteiger partial charge in [-0.3, -0.25) is 0 Å². The van der Waals surface area contributed by atoms with Gasteiger partial charge in [-0.1, -0.05) is 13.0 Å². The highest BCUT2D eigenvalue weighted by atomic mass is 16.5. The Kier molecular flexibility index (Phi) is 4.43. The third kappa shape index (κ3) is 2.86. The summed E-state index contributed by atoms with van der Waals surface area (Å²) in [5.41, 5.74) is 7.04. The van der Waals surface area contributed by atoms with Gasteiger partial charge in [-0.15, -0.1) is 0 Å². The third-order valence-corrected chi connectivity index (χ3v) is 2.36. The average Bonchev–Trinajstić information content (AvgIpc) is 2.28. The number of ether oxygens (including phenoxy) is 2. The zero-order valence-corrected chi connectivity index (χ0v) is 9.62. The lowest BCUT2D eigenvalue weighted by molar-refractivity contribution is 0.310. The van der Waals surface area contributed by atoms with Crippen molar-refractivity contribution in [2.45, 2.75) is 26.3 Å². The first-order chi connectivity index (χ1) is 7.22. The first-order valence-electron chi connectivity index (χ1n) is 5.29. The molecule has 1 atom stereocenters. The quantitative estimate of drug-likeness (QED) is 0.759. The fourth-order valence-corrected chi connectivity index (χ4v) is 1.43. The monoisotopic (exact) mass is 210 g/mol. The molecule has 1 unspecified atom stereocenters. The fraction of sp³-hybridized carbons (Fsp3) is 0.500. The summed E-state index contributed by atoms with van der Waals surface area (Å²) in [5.74, 6) is 1.52. The van der Waals surface area contributed by atoms with Crippen LogP contribution in [0, 0.1) is 0 Å². The van der Waals surface area contributed by atoms with Gasteiger partial charge >= 0.3 is 0 Å². The van der Waals surface area contributed by atoms with Crippen LogP contribution in [0.25, 0.3) is 0 Å². The van der Waals surface area contributed by atoms with Crippen LogP contribution >= 0.6 is 0 Å². The molecule has 3 nitrogen and oxygen atoms in total. The van der Waals surface area contributed by atoms with Crippen LogP contribution in [0.15, 0.2) is 18.2 Å². The van der Waals surface area contributed by atoms with Crippen molar-refractivity contribution < 1.29 is 9.47 Å². The lowest BCUT2D eigenvalue weighted by Gasteiger charge is -2.14. The van der Waals surface area contributed by atoms with Gasteiger partial charge in [-0.2, -0.15) is 0 Å². The number of benzene rings is 1. The molecule has 0 spiro atoms. The Morgan fingerprint density at radius 1 is 1.27 bits per heavy atom. The van der Waals surface area contributed by atoms with Gasteiger partial charge in [0.1, 0.15) is 0 Å². The van der Waals surface area contributed by atoms with Gasteiger partial charge in [0.05, 0.1) is 13.7 Å². The summed E-state index contributed by atoms with van der Waals surface area (Å²) in [4.78, 5) is 0. The molecule has 0 aromatic heterocycles. The minimum absolute atomic E-state index is 0.0649. The minimum Gasteiger partial charge on any atom is -0.493 e. The van der Waals surface area contributed by atoms with E-state index in [1.165, 1.54) is 0 Å². The zero-order chi connectivity index (χ0) is 11.3. The molecule has 0 saturated heterocycles. The van der Waals surface area contributed by atoms with E-state index in [0.29, 0.717) is 6.61 Å². The van der Waals surface area contributed by atoms with Crippen LogP contribution in [0.3, 0.4) is 0 Å². The maximum atomic E-state index is 5.95. The Balaban J connectivity index is 2.98. The zero-order valence-electron chi connectivity index (χ0n) is 9.62. The van der Waals surface area contributed by atoms with Crippen molar-refractivity contribution in [3.63, 3.8) is 0 Å². The lowest BCUT2D eigenvalue weighted by atomic mass is 10.1. The summed E-state index contributed by atoms with van der Waals surface area (Å²) in [6.45, 7) is 4.64. The van der Waals surface area contributed by atoms with Gasteiger partial charge in [0.25, 0.3) is 0 Å². The number of hydrogen-bond donors (Lipinski definition) is 1. The molecule has 0 amide bonds. The summed E-state index contributed by atoms with van der Waals surface area (Å²) in [7, 11) is 1.64. The van der Waals surface area contributed by atoms with Crippen molar-refractivity contribution in [1.29, 1.82) is 0 Å². The molecule has 15 heavy (non-hydrogen) atoms. The first-order valence-corrected chi connectivity index (χ1v) is 5.29. The van der Waals surface area contributed by atoms with Gasteiger partial charge < -0.3 is 15.2 Å². The van der Waals surface area contributed by atoms with E-state index in [2.05, 4.69) is 6.92 Å². The Morgan fingerprint density at radius 3 is 2.53 bits per heavy atom. The van der Waals surface area contributed by atoms with Gasteiger partial charge in [0.2, 0.25) is 0 Å². The van der Waals surface area contributed by atoms with Crippen molar-refractivity contribution in [3.05, 3.63) is 23.8 Å². The second-order valence-corrected chi connectivity index (χ2v) is 3.36. The highest BCUT2D eigenvalue weighted by Crippen LogP contribution is 2.30. The van der Waals surface area contributed by atoms with Gasteiger partial charge in [-0.25, -0.2) is 0 Å². The third-order valence-electron chi connectivity index (χ3n) is 2.36. The molecule has 0 aliphatic carbocycles. The number of rotatable bonds is 5. The SMILES string of the molecule is CCOc1cc(C(N)[13CH2]C)ccc1OC. The van der Waals surface area contributed by atoms with E-state index in [9.17, 15) is 0 Å². The number of methoxy groups -OCH3 is 1. The van der Waals surface area contributed by atoms with Gasteiger partial charge in [0.15, 0.2) is 11.5 Å². The molecule has 0 bridgehead atoms. The van der Waals surface area contributed by atoms with Crippen LogP contribution in [0.1, 0.15) is 31.9 Å². The van der Waals surface area contributed by atoms with Crippen LogP contribution in [0.2, 0.25) is 0 Å². The smallest absolute Gasteiger partial charge is 0.161 e. The molecule has 3 heteroatoms. The molecule has 1 aromatic carbocycles. The van der Waals surface area contributed by atoms with E-state index < -0.39 is 0 Å². The van der Waals surface area contributed by atoms with Crippen LogP contribution < -0.4 is 15.2 Å². The number of nitrogens with two attached hydrogens (primary N) is 1. The lowest BCUT2D eigenvalue weighted by Crippen LogP contribution is -2.09. The Hall–Kier alpha value is -1.22. The van der Waals surface area contributed by atoms with Crippen LogP contribution in [-0.4, -0.2) is 13.7 Å². The second-order valence-electron chi connectivity index (χ2n) is 3.36. The Bertz CT molecular complexity index is 312. The largest absolute Gasteiger partial charge is 0.493 e. The molecule has 0 saturated carbocycles. The van der Waals surface area contributed by atoms with Crippen molar-refractivity contribution in [2.75, 3.05) is 13.7 Å². The fourth-order valence-electron chi connectivity index (χ4n) is 1.43. The van der Waals surface area contributed by atoms with Crippen molar-refractivity contribution in [3.8, 4) is 11.5 Å². The molecule has 0 aliphatic rings. The van der Waals surface area contributed by atoms with Crippen LogP contribution in [-0.2, 0) is 0 Å². The topological polar surface area (TPSA) is 44.5 Å². The summed E-state index contributed by atoms with van der Waals surface area (Å²) in [6, 6.07) is 5.90. The molecular formula is C12H19NO2. The molecule has 84 valence electrons. The van der Waals surface area contributed by atoms with E-state index >= 15 is 0 Å². The Morgan fingerprint density at radius 2 is 2.00 bits per heavy atom. The number of hydrogen-bond acceptors (Lipinski definition) is 3. The van der Waals surface area contributed by atoms with E-state index in [1.807, 2.05) is 25.1 Å². The molecule has 0 heterocycles. The summed E-state index contributed by atoms with van der Waals surface area (Å²) in [6.07, 6.45) is 0.915. The van der Waals surface area contributed by atoms with Gasteiger partial charge in [0, 0.05) is 6.04 Å². The highest BCUT2D eigenvalue weighted by molar-refractivity contribution is 5.43. The predicted octanol–water partition coefficient (Wildman–Crippen LogP) is 2.50. The van der Waals surface area contributed by atoms with Crippen LogP contribution in [0.4, 0.5) is 0 Å². The van der Waals surface area contributed by atoms with E-state index in [1.54, 1.807) is 7.11 Å². The van der Waals surface area contributed by atoms with Crippen molar-refractivity contribution in [1.82, 2.24) is 0 Å². The predicted molar refractivity (Wildman–Crippen MR) is 61.4 cm³/mol. The summed E-state index contributed by atoms with van der Waals surface area (Å²) >= 11 is 0. The summed E-state index contributed by atoms with van der Waals surface area (Å²) < 4.78 is 10.7. The Labute approximate surface area is 91.2 Å². The van der Waals surface area contributed by atoms with E-state index in [-0.39, 0.29) is 6.04 Å².